The Hall–Kier alpha value is -0.930. The van der Waals surface area contributed by atoms with Crippen LogP contribution in [0.1, 0.15) is 18.9 Å². The molecule has 0 saturated carbocycles. The van der Waals surface area contributed by atoms with Crippen molar-refractivity contribution in [2.24, 2.45) is 0 Å². The number of halogens is 1. The van der Waals surface area contributed by atoms with E-state index in [0.717, 1.165) is 39.0 Å². The molecule has 1 aromatic rings. The predicted octanol–water partition coefficient (Wildman–Crippen LogP) is 2.05. The Kier molecular flexibility index (Phi) is 4.51. The Labute approximate surface area is 103 Å². The van der Waals surface area contributed by atoms with Gasteiger partial charge >= 0.3 is 0 Å². The van der Waals surface area contributed by atoms with Crippen LogP contribution < -0.4 is 5.32 Å². The van der Waals surface area contributed by atoms with E-state index in [4.69, 9.17) is 0 Å². The van der Waals surface area contributed by atoms with E-state index in [1.54, 1.807) is 12.1 Å². The topological polar surface area (TPSA) is 15.3 Å². The van der Waals surface area contributed by atoms with Crippen LogP contribution in [0.2, 0.25) is 0 Å². The van der Waals surface area contributed by atoms with E-state index < -0.39 is 0 Å². The second-order valence-electron chi connectivity index (χ2n) is 4.68. The van der Waals surface area contributed by atoms with E-state index in [0.29, 0.717) is 6.04 Å². The molecule has 2 rings (SSSR count). The minimum atomic E-state index is -0.149. The fourth-order valence-electron chi connectivity index (χ4n) is 2.47. The van der Waals surface area contributed by atoms with Crippen LogP contribution in [0.15, 0.2) is 24.3 Å². The molecule has 17 heavy (non-hydrogen) atoms. The van der Waals surface area contributed by atoms with Crippen LogP contribution in [0.3, 0.4) is 0 Å². The number of nitrogens with one attached hydrogen (secondary N) is 1. The summed E-state index contributed by atoms with van der Waals surface area (Å²) in [5.41, 5.74) is 1.23. The van der Waals surface area contributed by atoms with E-state index in [1.807, 2.05) is 12.1 Å². The van der Waals surface area contributed by atoms with E-state index in [9.17, 15) is 4.39 Å². The number of benzene rings is 1. The number of rotatable bonds is 4. The van der Waals surface area contributed by atoms with E-state index in [2.05, 4.69) is 17.1 Å². The highest BCUT2D eigenvalue weighted by atomic mass is 19.1. The highest BCUT2D eigenvalue weighted by molar-refractivity contribution is 5.17. The van der Waals surface area contributed by atoms with Crippen molar-refractivity contribution >= 4 is 0 Å². The number of piperazine rings is 1. The SMILES string of the molecule is CCC(Cc1ccc(F)cc1)N1CCNCC1. The average molecular weight is 236 g/mol. The highest BCUT2D eigenvalue weighted by Crippen LogP contribution is 2.13. The van der Waals surface area contributed by atoms with Gasteiger partial charge in [0.25, 0.3) is 0 Å². The molecule has 0 bridgehead atoms. The molecule has 0 aliphatic carbocycles. The molecule has 1 heterocycles. The summed E-state index contributed by atoms with van der Waals surface area (Å²) in [4.78, 5) is 2.54. The lowest BCUT2D eigenvalue weighted by Gasteiger charge is -2.34. The lowest BCUT2D eigenvalue weighted by molar-refractivity contribution is 0.167. The molecule has 0 aromatic heterocycles. The van der Waals surface area contributed by atoms with Gasteiger partial charge in [-0.3, -0.25) is 4.90 Å². The minimum Gasteiger partial charge on any atom is -0.314 e. The number of nitrogens with zero attached hydrogens (tertiary/aromatic N) is 1. The molecule has 1 N–H and O–H groups in total. The second-order valence-corrected chi connectivity index (χ2v) is 4.68. The first-order valence-electron chi connectivity index (χ1n) is 6.49. The van der Waals surface area contributed by atoms with Gasteiger partial charge in [-0.1, -0.05) is 19.1 Å². The van der Waals surface area contributed by atoms with Gasteiger partial charge in [0.2, 0.25) is 0 Å². The van der Waals surface area contributed by atoms with Gasteiger partial charge in [-0.05, 0) is 30.5 Å². The van der Waals surface area contributed by atoms with Crippen LogP contribution in [0.25, 0.3) is 0 Å². The molecule has 2 nitrogen and oxygen atoms in total. The Morgan fingerprint density at radius 1 is 1.24 bits per heavy atom. The van der Waals surface area contributed by atoms with Gasteiger partial charge in [0.15, 0.2) is 0 Å². The van der Waals surface area contributed by atoms with Crippen molar-refractivity contribution < 1.29 is 4.39 Å². The fourth-order valence-corrected chi connectivity index (χ4v) is 2.47. The van der Waals surface area contributed by atoms with Gasteiger partial charge in [-0.2, -0.15) is 0 Å². The van der Waals surface area contributed by atoms with Gasteiger partial charge in [0.05, 0.1) is 0 Å². The third-order valence-electron chi connectivity index (χ3n) is 3.52. The summed E-state index contributed by atoms with van der Waals surface area (Å²) in [6.45, 7) is 6.65. The highest BCUT2D eigenvalue weighted by Gasteiger charge is 2.18. The van der Waals surface area contributed by atoms with Crippen molar-refractivity contribution in [3.63, 3.8) is 0 Å². The average Bonchev–Trinajstić information content (AvgIpc) is 2.39. The predicted molar refractivity (Wildman–Crippen MR) is 68.6 cm³/mol. The Bertz CT molecular complexity index is 331. The number of hydrogen-bond acceptors (Lipinski definition) is 2. The molecule has 1 unspecified atom stereocenters. The smallest absolute Gasteiger partial charge is 0.123 e. The van der Waals surface area contributed by atoms with Gasteiger partial charge < -0.3 is 5.32 Å². The van der Waals surface area contributed by atoms with Crippen LogP contribution in [0.4, 0.5) is 4.39 Å². The molecule has 1 aliphatic rings. The van der Waals surface area contributed by atoms with Gasteiger partial charge in [-0.15, -0.1) is 0 Å². The Morgan fingerprint density at radius 3 is 2.47 bits per heavy atom. The second kappa shape index (κ2) is 6.12. The quantitative estimate of drug-likeness (QED) is 0.860. The molecule has 1 saturated heterocycles. The zero-order valence-corrected chi connectivity index (χ0v) is 10.5. The third-order valence-corrected chi connectivity index (χ3v) is 3.52. The number of hydrogen-bond donors (Lipinski definition) is 1. The maximum Gasteiger partial charge on any atom is 0.123 e. The lowest BCUT2D eigenvalue weighted by Crippen LogP contribution is -2.48. The molecule has 0 amide bonds. The maximum atomic E-state index is 12.8. The molecule has 0 spiro atoms. The summed E-state index contributed by atoms with van der Waals surface area (Å²) in [5, 5.41) is 3.37. The molecule has 1 aliphatic heterocycles. The fraction of sp³-hybridized carbons (Fsp3) is 0.571. The summed E-state index contributed by atoms with van der Waals surface area (Å²) in [6.07, 6.45) is 2.17. The normalized spacial score (nSPS) is 19.2. The van der Waals surface area contributed by atoms with Crippen molar-refractivity contribution in [1.29, 1.82) is 0 Å². The van der Waals surface area contributed by atoms with Crippen LogP contribution in [0.5, 0.6) is 0 Å². The standard InChI is InChI=1S/C14H21FN2/c1-2-14(17-9-7-16-8-10-17)11-12-3-5-13(15)6-4-12/h3-6,14,16H,2,7-11H2,1H3. The minimum absolute atomic E-state index is 0.149. The van der Waals surface area contributed by atoms with Crippen LogP contribution >= 0.6 is 0 Å². The monoisotopic (exact) mass is 236 g/mol. The summed E-state index contributed by atoms with van der Waals surface area (Å²) >= 11 is 0. The Morgan fingerprint density at radius 2 is 1.88 bits per heavy atom. The maximum absolute atomic E-state index is 12.8. The molecular formula is C14H21FN2. The summed E-state index contributed by atoms with van der Waals surface area (Å²) in [5.74, 6) is -0.149. The summed E-state index contributed by atoms with van der Waals surface area (Å²) in [7, 11) is 0. The molecule has 1 atom stereocenters. The van der Waals surface area contributed by atoms with Gasteiger partial charge in [0, 0.05) is 32.2 Å². The molecule has 3 heteroatoms. The summed E-state index contributed by atoms with van der Waals surface area (Å²) in [6, 6.07) is 7.50. The molecule has 94 valence electrons. The molecule has 0 radical (unpaired) electrons. The van der Waals surface area contributed by atoms with E-state index in [1.165, 1.54) is 5.56 Å². The Balaban J connectivity index is 1.96. The van der Waals surface area contributed by atoms with Gasteiger partial charge in [0.1, 0.15) is 5.82 Å². The van der Waals surface area contributed by atoms with Crippen molar-refractivity contribution in [2.45, 2.75) is 25.8 Å². The molecular weight excluding hydrogens is 215 g/mol. The van der Waals surface area contributed by atoms with E-state index >= 15 is 0 Å². The van der Waals surface area contributed by atoms with Crippen LogP contribution in [0, 0.1) is 5.82 Å². The van der Waals surface area contributed by atoms with Gasteiger partial charge in [-0.25, -0.2) is 4.39 Å². The van der Waals surface area contributed by atoms with Crippen molar-refractivity contribution in [3.05, 3.63) is 35.6 Å². The van der Waals surface area contributed by atoms with Crippen molar-refractivity contribution in [3.8, 4) is 0 Å². The summed E-state index contributed by atoms with van der Waals surface area (Å²) < 4.78 is 12.8. The zero-order valence-electron chi connectivity index (χ0n) is 10.5. The molecule has 1 aromatic carbocycles. The van der Waals surface area contributed by atoms with Crippen molar-refractivity contribution in [2.75, 3.05) is 26.2 Å². The lowest BCUT2D eigenvalue weighted by atomic mass is 10.0. The van der Waals surface area contributed by atoms with E-state index in [-0.39, 0.29) is 5.82 Å². The third kappa shape index (κ3) is 3.51. The molecule has 1 fully saturated rings. The largest absolute Gasteiger partial charge is 0.314 e. The van der Waals surface area contributed by atoms with Crippen LogP contribution in [-0.2, 0) is 6.42 Å². The van der Waals surface area contributed by atoms with Crippen molar-refractivity contribution in [1.82, 2.24) is 10.2 Å². The zero-order chi connectivity index (χ0) is 12.1. The van der Waals surface area contributed by atoms with Crippen LogP contribution in [-0.4, -0.2) is 37.1 Å². The first-order chi connectivity index (χ1) is 8.29. The first-order valence-corrected chi connectivity index (χ1v) is 6.49. The first kappa shape index (κ1) is 12.5.